The zero-order valence-electron chi connectivity index (χ0n) is 8.32. The first kappa shape index (κ1) is 9.52. The lowest BCUT2D eigenvalue weighted by Crippen LogP contribution is -1.97. The normalized spacial score (nSPS) is 11.3. The maximum absolute atomic E-state index is 11.1. The van der Waals surface area contributed by atoms with Crippen LogP contribution in [0, 0.1) is 0 Å². The van der Waals surface area contributed by atoms with Crippen LogP contribution in [-0.4, -0.2) is 16.1 Å². The van der Waals surface area contributed by atoms with Crippen LogP contribution in [0.2, 0.25) is 0 Å². The Morgan fingerprint density at radius 1 is 1.40 bits per heavy atom. The van der Waals surface area contributed by atoms with E-state index < -0.39 is 5.97 Å². The molecular formula is C12H11NO2. The molecule has 3 heteroatoms. The van der Waals surface area contributed by atoms with Gasteiger partial charge in [-0.2, -0.15) is 0 Å². The lowest BCUT2D eigenvalue weighted by Gasteiger charge is -1.92. The highest BCUT2D eigenvalue weighted by Gasteiger charge is 2.14. The van der Waals surface area contributed by atoms with Crippen molar-refractivity contribution in [2.45, 2.75) is 6.92 Å². The van der Waals surface area contributed by atoms with Crippen LogP contribution in [-0.2, 0) is 0 Å². The van der Waals surface area contributed by atoms with Gasteiger partial charge < -0.3 is 10.1 Å². The van der Waals surface area contributed by atoms with Crippen molar-refractivity contribution in [2.75, 3.05) is 0 Å². The van der Waals surface area contributed by atoms with Crippen LogP contribution in [0.4, 0.5) is 0 Å². The average molecular weight is 201 g/mol. The molecule has 0 amide bonds. The highest BCUT2D eigenvalue weighted by atomic mass is 16.4. The predicted molar refractivity (Wildman–Crippen MR) is 60.0 cm³/mol. The summed E-state index contributed by atoms with van der Waals surface area (Å²) in [5.74, 6) is -0.902. The molecule has 2 N–H and O–H groups in total. The van der Waals surface area contributed by atoms with Gasteiger partial charge in [0.25, 0.3) is 0 Å². The van der Waals surface area contributed by atoms with Gasteiger partial charge in [0.05, 0.1) is 11.3 Å². The molecule has 2 rings (SSSR count). The molecule has 0 radical (unpaired) electrons. The number of nitrogens with one attached hydrogen (secondary N) is 1. The average Bonchev–Trinajstić information content (AvgIpc) is 2.56. The van der Waals surface area contributed by atoms with Crippen molar-refractivity contribution in [3.05, 3.63) is 41.6 Å². The van der Waals surface area contributed by atoms with Crippen molar-refractivity contribution in [1.29, 1.82) is 0 Å². The van der Waals surface area contributed by atoms with E-state index in [2.05, 4.69) is 4.98 Å². The van der Waals surface area contributed by atoms with Crippen LogP contribution in [0.5, 0.6) is 0 Å². The summed E-state index contributed by atoms with van der Waals surface area (Å²) in [4.78, 5) is 14.2. The highest BCUT2D eigenvalue weighted by molar-refractivity contribution is 6.06. The minimum Gasteiger partial charge on any atom is -0.478 e. The molecule has 3 nitrogen and oxygen atoms in total. The Morgan fingerprint density at radius 3 is 2.80 bits per heavy atom. The Balaban J connectivity index is 2.80. The van der Waals surface area contributed by atoms with E-state index in [4.69, 9.17) is 5.11 Å². The van der Waals surface area contributed by atoms with Gasteiger partial charge in [0.1, 0.15) is 0 Å². The first-order chi connectivity index (χ1) is 7.24. The zero-order chi connectivity index (χ0) is 10.8. The van der Waals surface area contributed by atoms with Crippen molar-refractivity contribution in [1.82, 2.24) is 4.98 Å². The molecule has 2 aromatic rings. The lowest BCUT2D eigenvalue weighted by atomic mass is 10.1. The maximum atomic E-state index is 11.1. The van der Waals surface area contributed by atoms with E-state index in [1.807, 2.05) is 37.3 Å². The monoisotopic (exact) mass is 201 g/mol. The van der Waals surface area contributed by atoms with Gasteiger partial charge in [-0.3, -0.25) is 0 Å². The van der Waals surface area contributed by atoms with E-state index >= 15 is 0 Å². The van der Waals surface area contributed by atoms with Crippen LogP contribution >= 0.6 is 0 Å². The summed E-state index contributed by atoms with van der Waals surface area (Å²) >= 11 is 0. The van der Waals surface area contributed by atoms with Gasteiger partial charge in [0.15, 0.2) is 0 Å². The fourth-order valence-corrected chi connectivity index (χ4v) is 1.68. The van der Waals surface area contributed by atoms with Crippen molar-refractivity contribution in [3.8, 4) is 0 Å². The summed E-state index contributed by atoms with van der Waals surface area (Å²) in [7, 11) is 0. The number of hydrogen-bond donors (Lipinski definition) is 2. The minimum absolute atomic E-state index is 0.337. The summed E-state index contributed by atoms with van der Waals surface area (Å²) in [5.41, 5.74) is 1.83. The molecule has 0 bridgehead atoms. The van der Waals surface area contributed by atoms with Crippen molar-refractivity contribution in [3.63, 3.8) is 0 Å². The predicted octanol–water partition coefficient (Wildman–Crippen LogP) is 2.90. The second-order valence-corrected chi connectivity index (χ2v) is 3.26. The van der Waals surface area contributed by atoms with Gasteiger partial charge >= 0.3 is 5.97 Å². The number of carboxylic acid groups (broad SMARTS) is 1. The quantitative estimate of drug-likeness (QED) is 0.784. The number of aromatic nitrogens is 1. The smallest absolute Gasteiger partial charge is 0.338 e. The number of hydrogen-bond acceptors (Lipinski definition) is 1. The van der Waals surface area contributed by atoms with Crippen LogP contribution < -0.4 is 0 Å². The third kappa shape index (κ3) is 1.52. The number of para-hydroxylation sites is 1. The van der Waals surface area contributed by atoms with E-state index in [9.17, 15) is 4.79 Å². The summed E-state index contributed by atoms with van der Waals surface area (Å²) in [6, 6.07) is 7.39. The minimum atomic E-state index is -0.902. The number of H-pyrrole nitrogens is 1. The van der Waals surface area contributed by atoms with Crippen LogP contribution in [0.1, 0.15) is 23.0 Å². The molecule has 0 aliphatic carbocycles. The van der Waals surface area contributed by atoms with Gasteiger partial charge in [0.2, 0.25) is 0 Å². The third-order valence-electron chi connectivity index (χ3n) is 2.28. The van der Waals surface area contributed by atoms with Gasteiger partial charge in [-0.15, -0.1) is 0 Å². The Labute approximate surface area is 87.0 Å². The Morgan fingerprint density at radius 2 is 2.13 bits per heavy atom. The molecule has 0 saturated heterocycles. The number of rotatable bonds is 2. The summed E-state index contributed by atoms with van der Waals surface area (Å²) in [6.07, 6.45) is 3.58. The molecule has 1 aromatic carbocycles. The summed E-state index contributed by atoms with van der Waals surface area (Å²) < 4.78 is 0. The van der Waals surface area contributed by atoms with Crippen molar-refractivity contribution >= 4 is 22.9 Å². The molecule has 1 aromatic heterocycles. The molecule has 0 aliphatic heterocycles. The molecule has 76 valence electrons. The molecule has 15 heavy (non-hydrogen) atoms. The standard InChI is InChI=1S/C12H11NO2/c1-2-5-10-11(12(14)15)8-6-3-4-7-9(8)13-10/h2-7,13H,1H3,(H,14,15)/b5-2-. The fourth-order valence-electron chi connectivity index (χ4n) is 1.68. The molecule has 0 atom stereocenters. The van der Waals surface area contributed by atoms with Crippen LogP contribution in [0.3, 0.4) is 0 Å². The molecule has 0 spiro atoms. The van der Waals surface area contributed by atoms with Gasteiger partial charge in [-0.1, -0.05) is 24.3 Å². The van der Waals surface area contributed by atoms with Crippen molar-refractivity contribution in [2.24, 2.45) is 0 Å². The topological polar surface area (TPSA) is 53.1 Å². The summed E-state index contributed by atoms with van der Waals surface area (Å²) in [6.45, 7) is 1.86. The number of carboxylic acids is 1. The number of allylic oxidation sites excluding steroid dienone is 1. The molecule has 0 unspecified atom stereocenters. The van der Waals surface area contributed by atoms with Gasteiger partial charge in [0, 0.05) is 10.9 Å². The molecule has 0 fully saturated rings. The Hall–Kier alpha value is -2.03. The zero-order valence-corrected chi connectivity index (χ0v) is 8.32. The number of aromatic amines is 1. The van der Waals surface area contributed by atoms with E-state index in [1.165, 1.54) is 0 Å². The number of aromatic carboxylic acids is 1. The Bertz CT molecular complexity index is 538. The Kier molecular flexibility index (Phi) is 2.29. The molecule has 0 saturated carbocycles. The van der Waals surface area contributed by atoms with E-state index in [-0.39, 0.29) is 0 Å². The molecule has 1 heterocycles. The largest absolute Gasteiger partial charge is 0.478 e. The highest BCUT2D eigenvalue weighted by Crippen LogP contribution is 2.23. The first-order valence-corrected chi connectivity index (χ1v) is 4.70. The van der Waals surface area contributed by atoms with Gasteiger partial charge in [-0.05, 0) is 19.1 Å². The SMILES string of the molecule is C/C=C\c1[nH]c2ccccc2c1C(=O)O. The van der Waals surface area contributed by atoms with Crippen LogP contribution in [0.25, 0.3) is 17.0 Å². The molecule has 0 aliphatic rings. The number of benzene rings is 1. The summed E-state index contributed by atoms with van der Waals surface area (Å²) in [5, 5.41) is 9.87. The lowest BCUT2D eigenvalue weighted by molar-refractivity contribution is 0.0699. The van der Waals surface area contributed by atoms with Crippen LogP contribution in [0.15, 0.2) is 30.3 Å². The maximum Gasteiger partial charge on any atom is 0.338 e. The van der Waals surface area contributed by atoms with E-state index in [0.717, 1.165) is 10.9 Å². The second-order valence-electron chi connectivity index (χ2n) is 3.26. The van der Waals surface area contributed by atoms with Gasteiger partial charge in [-0.25, -0.2) is 4.79 Å². The van der Waals surface area contributed by atoms with E-state index in [0.29, 0.717) is 11.3 Å². The third-order valence-corrected chi connectivity index (χ3v) is 2.28. The second kappa shape index (κ2) is 3.61. The fraction of sp³-hybridized carbons (Fsp3) is 0.0833. The van der Waals surface area contributed by atoms with Crippen molar-refractivity contribution < 1.29 is 9.90 Å². The molecular weight excluding hydrogens is 190 g/mol. The van der Waals surface area contributed by atoms with E-state index in [1.54, 1.807) is 6.08 Å². The number of fused-ring (bicyclic) bond motifs is 1. The number of carbonyl (C=O) groups is 1. The first-order valence-electron chi connectivity index (χ1n) is 4.70.